The van der Waals surface area contributed by atoms with E-state index >= 15 is 0 Å². The first-order valence-corrected chi connectivity index (χ1v) is 7.91. The molecule has 0 aromatic rings. The Labute approximate surface area is 101 Å². The Bertz CT molecular complexity index is 265. The standard InChI is InChI=1S/C13H22O2S/c14-16-10-4-3-7-13(16)8-9-15-11-12-5-1-2-6-12/h11,13H,1-10H2. The summed E-state index contributed by atoms with van der Waals surface area (Å²) in [5.74, 6) is 0.908. The van der Waals surface area contributed by atoms with Crippen molar-refractivity contribution in [1.29, 1.82) is 0 Å². The molecule has 2 rings (SSSR count). The van der Waals surface area contributed by atoms with Crippen molar-refractivity contribution in [1.82, 2.24) is 0 Å². The second-order valence-electron chi connectivity index (χ2n) is 4.85. The zero-order valence-corrected chi connectivity index (χ0v) is 10.8. The molecule has 0 radical (unpaired) electrons. The second kappa shape index (κ2) is 6.43. The fraction of sp³-hybridized carbons (Fsp3) is 0.846. The first-order chi connectivity index (χ1) is 7.86. The van der Waals surface area contributed by atoms with Gasteiger partial charge in [0, 0.05) is 21.8 Å². The average molecular weight is 242 g/mol. The first-order valence-electron chi connectivity index (χ1n) is 6.53. The minimum absolute atomic E-state index is 0.399. The highest BCUT2D eigenvalue weighted by Crippen LogP contribution is 2.24. The molecule has 0 N–H and O–H groups in total. The van der Waals surface area contributed by atoms with Crippen LogP contribution in [0.2, 0.25) is 0 Å². The van der Waals surface area contributed by atoms with Crippen LogP contribution in [-0.2, 0) is 15.5 Å². The van der Waals surface area contributed by atoms with E-state index in [9.17, 15) is 4.21 Å². The van der Waals surface area contributed by atoms with Gasteiger partial charge in [0.05, 0.1) is 12.9 Å². The summed E-state index contributed by atoms with van der Waals surface area (Å²) in [5, 5.41) is 0.399. The third-order valence-electron chi connectivity index (χ3n) is 3.55. The minimum atomic E-state index is -0.584. The van der Waals surface area contributed by atoms with Crippen molar-refractivity contribution in [2.24, 2.45) is 0 Å². The maximum Gasteiger partial charge on any atom is 0.0884 e. The van der Waals surface area contributed by atoms with Gasteiger partial charge in [-0.15, -0.1) is 0 Å². The van der Waals surface area contributed by atoms with E-state index in [2.05, 4.69) is 0 Å². The molecule has 1 saturated heterocycles. The minimum Gasteiger partial charge on any atom is -0.501 e. The molecule has 2 aliphatic rings. The summed E-state index contributed by atoms with van der Waals surface area (Å²) in [5.41, 5.74) is 1.46. The molecule has 0 spiro atoms. The smallest absolute Gasteiger partial charge is 0.0884 e. The van der Waals surface area contributed by atoms with Crippen LogP contribution in [0.15, 0.2) is 11.8 Å². The van der Waals surface area contributed by atoms with Crippen LogP contribution in [0.3, 0.4) is 0 Å². The SMILES string of the molecule is O=S1CCCCC1CCOC=C1CCCC1. The Morgan fingerprint density at radius 2 is 2.06 bits per heavy atom. The van der Waals surface area contributed by atoms with Gasteiger partial charge in [-0.1, -0.05) is 6.42 Å². The lowest BCUT2D eigenvalue weighted by Crippen LogP contribution is -2.23. The number of ether oxygens (including phenoxy) is 1. The van der Waals surface area contributed by atoms with E-state index in [0.29, 0.717) is 5.25 Å². The van der Waals surface area contributed by atoms with Gasteiger partial charge in [0.25, 0.3) is 0 Å². The molecule has 16 heavy (non-hydrogen) atoms. The number of rotatable bonds is 4. The lowest BCUT2D eigenvalue weighted by Gasteiger charge is -2.20. The monoisotopic (exact) mass is 242 g/mol. The molecule has 3 heteroatoms. The van der Waals surface area contributed by atoms with Gasteiger partial charge in [0.2, 0.25) is 0 Å². The highest BCUT2D eigenvalue weighted by molar-refractivity contribution is 7.85. The van der Waals surface area contributed by atoms with Crippen molar-refractivity contribution in [3.63, 3.8) is 0 Å². The summed E-state index contributed by atoms with van der Waals surface area (Å²) in [6.07, 6.45) is 11.5. The van der Waals surface area contributed by atoms with E-state index in [1.54, 1.807) is 0 Å². The Hall–Kier alpha value is -0.310. The molecule has 1 aliphatic heterocycles. The van der Waals surface area contributed by atoms with E-state index in [1.165, 1.54) is 37.7 Å². The molecule has 2 unspecified atom stereocenters. The van der Waals surface area contributed by atoms with E-state index in [4.69, 9.17) is 4.74 Å². The van der Waals surface area contributed by atoms with Crippen molar-refractivity contribution in [3.8, 4) is 0 Å². The van der Waals surface area contributed by atoms with Gasteiger partial charge in [-0.2, -0.15) is 0 Å². The molecule has 92 valence electrons. The van der Waals surface area contributed by atoms with Gasteiger partial charge >= 0.3 is 0 Å². The molecular weight excluding hydrogens is 220 g/mol. The van der Waals surface area contributed by atoms with Gasteiger partial charge in [-0.25, -0.2) is 0 Å². The molecule has 1 aliphatic carbocycles. The predicted molar refractivity (Wildman–Crippen MR) is 67.8 cm³/mol. The average Bonchev–Trinajstić information content (AvgIpc) is 2.79. The van der Waals surface area contributed by atoms with Gasteiger partial charge in [0.15, 0.2) is 0 Å². The van der Waals surface area contributed by atoms with Crippen LogP contribution in [0, 0.1) is 0 Å². The summed E-state index contributed by atoms with van der Waals surface area (Å²) in [4.78, 5) is 0. The molecule has 0 amide bonds. The largest absolute Gasteiger partial charge is 0.501 e. The summed E-state index contributed by atoms with van der Waals surface area (Å²) < 4.78 is 17.3. The summed E-state index contributed by atoms with van der Waals surface area (Å²) >= 11 is 0. The highest BCUT2D eigenvalue weighted by Gasteiger charge is 2.20. The van der Waals surface area contributed by atoms with Crippen molar-refractivity contribution in [3.05, 3.63) is 11.8 Å². The van der Waals surface area contributed by atoms with Gasteiger partial charge in [-0.05, 0) is 50.5 Å². The van der Waals surface area contributed by atoms with Crippen LogP contribution in [-0.4, -0.2) is 21.8 Å². The molecule has 1 saturated carbocycles. The highest BCUT2D eigenvalue weighted by atomic mass is 32.2. The zero-order valence-electron chi connectivity index (χ0n) is 9.95. The van der Waals surface area contributed by atoms with Crippen LogP contribution in [0.4, 0.5) is 0 Å². The van der Waals surface area contributed by atoms with Crippen LogP contribution >= 0.6 is 0 Å². The fourth-order valence-corrected chi connectivity index (χ4v) is 4.12. The van der Waals surface area contributed by atoms with Gasteiger partial charge < -0.3 is 4.74 Å². The van der Waals surface area contributed by atoms with Gasteiger partial charge in [-0.3, -0.25) is 4.21 Å². The molecule has 0 aromatic heterocycles. The van der Waals surface area contributed by atoms with E-state index < -0.39 is 10.8 Å². The third kappa shape index (κ3) is 3.62. The normalized spacial score (nSPS) is 30.4. The Kier molecular flexibility index (Phi) is 4.89. The lowest BCUT2D eigenvalue weighted by molar-refractivity contribution is 0.237. The summed E-state index contributed by atoms with van der Waals surface area (Å²) in [7, 11) is -0.584. The Morgan fingerprint density at radius 1 is 1.25 bits per heavy atom. The van der Waals surface area contributed by atoms with Crippen molar-refractivity contribution >= 4 is 10.8 Å². The predicted octanol–water partition coefficient (Wildman–Crippen LogP) is 3.15. The molecule has 2 fully saturated rings. The van der Waals surface area contributed by atoms with E-state index in [0.717, 1.165) is 31.6 Å². The zero-order chi connectivity index (χ0) is 11.2. The molecule has 0 bridgehead atoms. The first kappa shape index (κ1) is 12.2. The maximum absolute atomic E-state index is 11.7. The molecule has 0 aromatic carbocycles. The summed E-state index contributed by atoms with van der Waals surface area (Å²) in [6, 6.07) is 0. The quantitative estimate of drug-likeness (QED) is 0.559. The molecule has 2 atom stereocenters. The van der Waals surface area contributed by atoms with Crippen molar-refractivity contribution < 1.29 is 8.95 Å². The van der Waals surface area contributed by atoms with E-state index in [1.807, 2.05) is 6.26 Å². The lowest BCUT2D eigenvalue weighted by atomic mass is 10.1. The third-order valence-corrected chi connectivity index (χ3v) is 5.45. The van der Waals surface area contributed by atoms with Crippen LogP contribution in [0.25, 0.3) is 0 Å². The van der Waals surface area contributed by atoms with E-state index in [-0.39, 0.29) is 0 Å². The fourth-order valence-electron chi connectivity index (χ4n) is 2.51. The van der Waals surface area contributed by atoms with Gasteiger partial charge in [0.1, 0.15) is 0 Å². The van der Waals surface area contributed by atoms with Crippen molar-refractivity contribution in [2.75, 3.05) is 12.4 Å². The number of hydrogen-bond acceptors (Lipinski definition) is 2. The molecule has 2 nitrogen and oxygen atoms in total. The number of allylic oxidation sites excluding steroid dienone is 1. The number of hydrogen-bond donors (Lipinski definition) is 0. The second-order valence-corrected chi connectivity index (χ2v) is 6.68. The van der Waals surface area contributed by atoms with Crippen LogP contribution < -0.4 is 0 Å². The summed E-state index contributed by atoms with van der Waals surface area (Å²) in [6.45, 7) is 0.750. The Morgan fingerprint density at radius 3 is 2.81 bits per heavy atom. The van der Waals surface area contributed by atoms with Crippen LogP contribution in [0.1, 0.15) is 51.4 Å². The van der Waals surface area contributed by atoms with Crippen LogP contribution in [0.5, 0.6) is 0 Å². The Balaban J connectivity index is 1.63. The molecular formula is C13H22O2S. The maximum atomic E-state index is 11.7. The topological polar surface area (TPSA) is 26.3 Å². The van der Waals surface area contributed by atoms with Crippen molar-refractivity contribution in [2.45, 2.75) is 56.6 Å². The molecule has 1 heterocycles.